The lowest BCUT2D eigenvalue weighted by molar-refractivity contribution is 1.19. The zero-order chi connectivity index (χ0) is 44.4. The molecule has 0 N–H and O–H groups in total. The van der Waals surface area contributed by atoms with E-state index in [4.69, 9.17) is 9.97 Å². The van der Waals surface area contributed by atoms with E-state index in [1.807, 2.05) is 133 Å². The summed E-state index contributed by atoms with van der Waals surface area (Å²) in [5, 5.41) is 35.2. The van der Waals surface area contributed by atoms with Crippen molar-refractivity contribution in [1.29, 1.82) is 15.8 Å². The molecule has 0 unspecified atom stereocenters. The molecule has 66 heavy (non-hydrogen) atoms. The van der Waals surface area contributed by atoms with Crippen molar-refractivity contribution in [2.75, 3.05) is 0 Å². The van der Waals surface area contributed by atoms with Crippen LogP contribution in [0.5, 0.6) is 0 Å². The highest BCUT2D eigenvalue weighted by Gasteiger charge is 2.24. The van der Waals surface area contributed by atoms with E-state index in [2.05, 4.69) is 30.3 Å². The number of para-hydroxylation sites is 1. The maximum absolute atomic E-state index is 14.6. The Balaban J connectivity index is 1.04. The molecule has 9 heteroatoms. The molecule has 0 saturated heterocycles. The Kier molecular flexibility index (Phi) is 7.61. The number of hydrogen-bond donors (Lipinski definition) is 0. The second-order valence-corrected chi connectivity index (χ2v) is 16.5. The second kappa shape index (κ2) is 13.6. The van der Waals surface area contributed by atoms with Gasteiger partial charge in [-0.25, -0.2) is 9.97 Å². The summed E-state index contributed by atoms with van der Waals surface area (Å²) in [5.74, 6) is 0. The number of benzene rings is 9. The summed E-state index contributed by atoms with van der Waals surface area (Å²) in [6.07, 6.45) is 0. The minimum Gasteiger partial charge on any atom is -0.268 e. The van der Waals surface area contributed by atoms with Gasteiger partial charge in [0.05, 0.1) is 57.0 Å². The molecule has 13 aromatic rings. The predicted octanol–water partition coefficient (Wildman–Crippen LogP) is 11.8. The number of rotatable bonds is 4. The number of imidazole rings is 2. The van der Waals surface area contributed by atoms with Crippen molar-refractivity contribution < 1.29 is 0 Å². The third-order valence-electron chi connectivity index (χ3n) is 13.1. The molecule has 4 aromatic heterocycles. The van der Waals surface area contributed by atoms with Gasteiger partial charge < -0.3 is 0 Å². The van der Waals surface area contributed by atoms with Crippen molar-refractivity contribution in [3.8, 4) is 62.7 Å². The summed E-state index contributed by atoms with van der Waals surface area (Å²) in [4.78, 5) is 39.7. The quantitative estimate of drug-likeness (QED) is 0.172. The van der Waals surface area contributed by atoms with Gasteiger partial charge in [-0.15, -0.1) is 0 Å². The Morgan fingerprint density at radius 3 is 1.62 bits per heavy atom. The number of nitriles is 3. The van der Waals surface area contributed by atoms with E-state index in [-0.39, 0.29) is 11.1 Å². The molecular formula is C57H27N7O2. The highest BCUT2D eigenvalue weighted by molar-refractivity contribution is 6.22. The van der Waals surface area contributed by atoms with Gasteiger partial charge in [0.15, 0.2) is 0 Å². The Bertz CT molecular complexity index is 4510. The molecule has 302 valence electrons. The molecule has 0 radical (unpaired) electrons. The van der Waals surface area contributed by atoms with Crippen molar-refractivity contribution in [2.45, 2.75) is 0 Å². The molecule has 0 aliphatic carbocycles. The summed E-state index contributed by atoms with van der Waals surface area (Å²) in [5.41, 5.74) is 11.3. The van der Waals surface area contributed by atoms with Gasteiger partial charge in [-0.1, -0.05) is 97.1 Å². The standard InChI is InChI=1S/C57H27N7O2/c58-28-35-17-20-41-50-43(22-19-36(29-59)48(35)50)57(66)64-53-45(32-11-5-2-6-12-32)26-38(27-46(53)61-54(41)64)33-13-7-14-34(25-33)40-15-8-16-47-52(40)62-55-42-21-18-37(30-60)49-39(31-9-3-1-4-10-31)23-24-44(51(42)49)56(65)63(47)55/h1-27H. The lowest BCUT2D eigenvalue weighted by Crippen LogP contribution is -2.14. The Morgan fingerprint density at radius 1 is 0.394 bits per heavy atom. The molecular weight excluding hydrogens is 815 g/mol. The molecule has 0 bridgehead atoms. The van der Waals surface area contributed by atoms with Gasteiger partial charge in [-0.3, -0.25) is 18.4 Å². The average Bonchev–Trinajstić information content (AvgIpc) is 3.97. The van der Waals surface area contributed by atoms with E-state index in [0.717, 1.165) is 60.7 Å². The maximum atomic E-state index is 14.6. The van der Waals surface area contributed by atoms with Crippen LogP contribution in [0, 0.1) is 34.0 Å². The van der Waals surface area contributed by atoms with Crippen LogP contribution in [0.4, 0.5) is 0 Å². The number of nitrogens with zero attached hydrogens (tertiary/aromatic N) is 7. The minimum absolute atomic E-state index is 0.205. The first-order chi connectivity index (χ1) is 32.4. The molecule has 0 aliphatic heterocycles. The SMILES string of the molecule is N#Cc1ccc2c3c1c(-c1ccccc1)ccc3c(=O)n1c3cccc(-c4cccc(-c5cc(-c6ccccc6)c6c(c5)nc5c7ccc(C#N)c8c(C#N)ccc(c(=O)n56)c87)c4)c3nc21. The Hall–Kier alpha value is -9.75. The number of hydrogen-bond acceptors (Lipinski definition) is 7. The van der Waals surface area contributed by atoms with E-state index in [0.29, 0.717) is 77.0 Å². The lowest BCUT2D eigenvalue weighted by Gasteiger charge is -2.13. The van der Waals surface area contributed by atoms with Crippen molar-refractivity contribution in [1.82, 2.24) is 18.8 Å². The van der Waals surface area contributed by atoms with Crippen LogP contribution in [0.25, 0.3) is 121 Å². The lowest BCUT2D eigenvalue weighted by atomic mass is 9.91. The summed E-state index contributed by atoms with van der Waals surface area (Å²) < 4.78 is 3.36. The van der Waals surface area contributed by atoms with E-state index in [1.54, 1.807) is 27.0 Å². The van der Waals surface area contributed by atoms with Crippen LogP contribution in [0.1, 0.15) is 16.7 Å². The highest BCUT2D eigenvalue weighted by atomic mass is 16.1. The Labute approximate surface area is 373 Å². The van der Waals surface area contributed by atoms with Crippen LogP contribution in [-0.2, 0) is 0 Å². The van der Waals surface area contributed by atoms with Crippen molar-refractivity contribution in [3.05, 3.63) is 201 Å². The van der Waals surface area contributed by atoms with Gasteiger partial charge in [0.2, 0.25) is 0 Å². The van der Waals surface area contributed by atoms with E-state index < -0.39 is 0 Å². The summed E-state index contributed by atoms with van der Waals surface area (Å²) >= 11 is 0. The molecule has 13 rings (SSSR count). The smallest absolute Gasteiger partial charge is 0.264 e. The summed E-state index contributed by atoms with van der Waals surface area (Å²) in [6, 6.07) is 59.0. The van der Waals surface area contributed by atoms with Gasteiger partial charge in [-0.2, -0.15) is 15.8 Å². The minimum atomic E-state index is -0.285. The van der Waals surface area contributed by atoms with Crippen molar-refractivity contribution in [3.63, 3.8) is 0 Å². The van der Waals surface area contributed by atoms with E-state index in [9.17, 15) is 25.4 Å². The van der Waals surface area contributed by atoms with Crippen LogP contribution in [0.2, 0.25) is 0 Å². The third kappa shape index (κ3) is 4.95. The van der Waals surface area contributed by atoms with Gasteiger partial charge in [0.1, 0.15) is 11.3 Å². The summed E-state index contributed by atoms with van der Waals surface area (Å²) in [6.45, 7) is 0. The number of pyridine rings is 2. The monoisotopic (exact) mass is 841 g/mol. The van der Waals surface area contributed by atoms with Crippen LogP contribution in [0.15, 0.2) is 173 Å². The first-order valence-corrected chi connectivity index (χ1v) is 21.2. The molecule has 0 atom stereocenters. The molecule has 4 heterocycles. The molecule has 0 amide bonds. The zero-order valence-electron chi connectivity index (χ0n) is 34.5. The maximum Gasteiger partial charge on any atom is 0.264 e. The third-order valence-corrected chi connectivity index (χ3v) is 13.1. The zero-order valence-corrected chi connectivity index (χ0v) is 34.5. The molecule has 0 spiro atoms. The molecule has 9 nitrogen and oxygen atoms in total. The van der Waals surface area contributed by atoms with E-state index >= 15 is 0 Å². The van der Waals surface area contributed by atoms with Crippen LogP contribution < -0.4 is 11.1 Å². The normalized spacial score (nSPS) is 11.7. The van der Waals surface area contributed by atoms with Gasteiger partial charge >= 0.3 is 0 Å². The fraction of sp³-hybridized carbons (Fsp3) is 0. The molecule has 0 aliphatic rings. The van der Waals surface area contributed by atoms with Crippen LogP contribution in [-0.4, -0.2) is 18.8 Å². The van der Waals surface area contributed by atoms with E-state index in [1.165, 1.54) is 0 Å². The predicted molar refractivity (Wildman–Crippen MR) is 260 cm³/mol. The van der Waals surface area contributed by atoms with Crippen molar-refractivity contribution >= 4 is 76.5 Å². The average molecular weight is 842 g/mol. The second-order valence-electron chi connectivity index (χ2n) is 16.5. The Morgan fingerprint density at radius 2 is 0.939 bits per heavy atom. The fourth-order valence-electron chi connectivity index (χ4n) is 10.3. The first kappa shape index (κ1) is 36.9. The molecule has 0 saturated carbocycles. The summed E-state index contributed by atoms with van der Waals surface area (Å²) in [7, 11) is 0. The fourth-order valence-corrected chi connectivity index (χ4v) is 10.3. The van der Waals surface area contributed by atoms with Crippen molar-refractivity contribution in [2.24, 2.45) is 0 Å². The van der Waals surface area contributed by atoms with Gasteiger partial charge in [0, 0.05) is 54.2 Å². The number of fused-ring (bicyclic) bond motifs is 8. The van der Waals surface area contributed by atoms with Gasteiger partial charge in [0.25, 0.3) is 11.1 Å². The molecule has 9 aromatic carbocycles. The highest BCUT2D eigenvalue weighted by Crippen LogP contribution is 2.41. The van der Waals surface area contributed by atoms with Crippen LogP contribution in [0.3, 0.4) is 0 Å². The molecule has 0 fully saturated rings. The van der Waals surface area contributed by atoms with Gasteiger partial charge in [-0.05, 0) is 100 Å². The first-order valence-electron chi connectivity index (χ1n) is 21.2. The number of aromatic nitrogens is 4. The topological polar surface area (TPSA) is 140 Å². The largest absolute Gasteiger partial charge is 0.268 e. The van der Waals surface area contributed by atoms with Crippen LogP contribution >= 0.6 is 0 Å².